The molecule has 130 valence electrons. The number of carbonyl (C=O) groups is 1. The van der Waals surface area contributed by atoms with Crippen molar-refractivity contribution in [2.45, 2.75) is 49.1 Å². The Kier molecular flexibility index (Phi) is 4.32. The van der Waals surface area contributed by atoms with Gasteiger partial charge in [0.1, 0.15) is 11.4 Å². The van der Waals surface area contributed by atoms with Crippen molar-refractivity contribution in [2.24, 2.45) is 0 Å². The van der Waals surface area contributed by atoms with E-state index in [1.165, 1.54) is 12.1 Å². The molecular weight excluding hydrogens is 339 g/mol. The van der Waals surface area contributed by atoms with Crippen molar-refractivity contribution in [3.05, 3.63) is 29.8 Å². The van der Waals surface area contributed by atoms with Gasteiger partial charge in [0.15, 0.2) is 0 Å². The Morgan fingerprint density at radius 2 is 2.00 bits per heavy atom. The lowest BCUT2D eigenvalue weighted by Gasteiger charge is -2.37. The molecule has 2 aliphatic heterocycles. The third kappa shape index (κ3) is 3.71. The Morgan fingerprint density at radius 3 is 2.67 bits per heavy atom. The minimum Gasteiger partial charge on any atom is -0.483 e. The molecule has 24 heavy (non-hydrogen) atoms. The van der Waals surface area contributed by atoms with Crippen LogP contribution in [0.5, 0.6) is 5.75 Å². The number of thioether (sulfide) groups is 1. The molecule has 3 nitrogen and oxygen atoms in total. The summed E-state index contributed by atoms with van der Waals surface area (Å²) >= 11 is -0.163. The summed E-state index contributed by atoms with van der Waals surface area (Å²) in [4.78, 5) is 14.0. The van der Waals surface area contributed by atoms with Crippen LogP contribution < -0.4 is 4.74 Å². The third-order valence-corrected chi connectivity index (χ3v) is 4.65. The topological polar surface area (TPSA) is 29.5 Å². The van der Waals surface area contributed by atoms with E-state index in [9.17, 15) is 18.0 Å². The van der Waals surface area contributed by atoms with Gasteiger partial charge >= 0.3 is 5.51 Å². The van der Waals surface area contributed by atoms with Gasteiger partial charge in [-0.3, -0.25) is 4.79 Å². The van der Waals surface area contributed by atoms with Gasteiger partial charge in [0.05, 0.1) is 5.70 Å². The van der Waals surface area contributed by atoms with Gasteiger partial charge in [0.2, 0.25) is 5.91 Å². The lowest BCUT2D eigenvalue weighted by Crippen LogP contribution is -2.38. The number of benzene rings is 1. The van der Waals surface area contributed by atoms with Crippen LogP contribution in [-0.2, 0) is 4.79 Å². The van der Waals surface area contributed by atoms with Crippen molar-refractivity contribution < 1.29 is 22.7 Å². The molecule has 1 saturated heterocycles. The van der Waals surface area contributed by atoms with Crippen molar-refractivity contribution in [3.8, 4) is 5.75 Å². The number of likely N-dealkylation sites (tertiary alicyclic amines) is 1. The normalized spacial score (nSPS) is 20.3. The zero-order chi connectivity index (χ0) is 17.5. The lowest BCUT2D eigenvalue weighted by atomic mass is 9.96. The maximum absolute atomic E-state index is 12.7. The summed E-state index contributed by atoms with van der Waals surface area (Å²) in [6, 6.07) is 4.40. The first-order valence-corrected chi connectivity index (χ1v) is 8.59. The maximum atomic E-state index is 12.7. The van der Waals surface area contributed by atoms with Gasteiger partial charge in [-0.25, -0.2) is 0 Å². The first-order valence-electron chi connectivity index (χ1n) is 7.77. The summed E-state index contributed by atoms with van der Waals surface area (Å²) in [6.45, 7) is 4.31. The van der Waals surface area contributed by atoms with Crippen LogP contribution in [-0.4, -0.2) is 28.5 Å². The van der Waals surface area contributed by atoms with Crippen molar-refractivity contribution in [2.75, 3.05) is 6.54 Å². The number of piperidine rings is 1. The molecule has 2 aliphatic rings. The molecule has 0 spiro atoms. The third-order valence-electron chi connectivity index (χ3n) is 3.93. The van der Waals surface area contributed by atoms with E-state index in [0.717, 1.165) is 12.8 Å². The van der Waals surface area contributed by atoms with E-state index in [-0.39, 0.29) is 22.6 Å². The molecule has 0 aromatic heterocycles. The molecule has 0 N–H and O–H groups in total. The van der Waals surface area contributed by atoms with Crippen molar-refractivity contribution in [1.29, 1.82) is 0 Å². The molecule has 3 rings (SSSR count). The van der Waals surface area contributed by atoms with Gasteiger partial charge in [-0.1, -0.05) is 0 Å². The number of carbonyl (C=O) groups excluding carboxylic acids is 1. The summed E-state index contributed by atoms with van der Waals surface area (Å²) in [7, 11) is 0. The van der Waals surface area contributed by atoms with E-state index in [0.29, 0.717) is 30.0 Å². The second kappa shape index (κ2) is 6.02. The highest BCUT2D eigenvalue weighted by molar-refractivity contribution is 8.00. The number of fused-ring (bicyclic) bond motifs is 1. The average molecular weight is 357 g/mol. The summed E-state index contributed by atoms with van der Waals surface area (Å²) < 4.78 is 43.8. The fourth-order valence-electron chi connectivity index (χ4n) is 3.00. The molecule has 0 aliphatic carbocycles. The van der Waals surface area contributed by atoms with Crippen molar-refractivity contribution >= 4 is 23.4 Å². The van der Waals surface area contributed by atoms with Crippen LogP contribution in [0.3, 0.4) is 0 Å². The smallest absolute Gasteiger partial charge is 0.446 e. The number of hydrogen-bond acceptors (Lipinski definition) is 3. The zero-order valence-corrected chi connectivity index (χ0v) is 14.3. The van der Waals surface area contributed by atoms with Crippen LogP contribution in [0.1, 0.15) is 38.7 Å². The second-order valence-electron chi connectivity index (χ2n) is 6.44. The van der Waals surface area contributed by atoms with Gasteiger partial charge < -0.3 is 9.64 Å². The van der Waals surface area contributed by atoms with Gasteiger partial charge in [0.25, 0.3) is 0 Å². The van der Waals surface area contributed by atoms with Crippen LogP contribution in [0.25, 0.3) is 5.70 Å². The van der Waals surface area contributed by atoms with Crippen LogP contribution in [0.4, 0.5) is 13.2 Å². The number of amides is 1. The molecule has 0 atom stereocenters. The van der Waals surface area contributed by atoms with Crippen LogP contribution in [0.15, 0.2) is 29.2 Å². The summed E-state index contributed by atoms with van der Waals surface area (Å²) in [5.74, 6) is 0.507. The standard InChI is InChI=1S/C17H18F3NO2S/c1-16(2)10-13(21-8-4-3-5-15(21)22)12-9-11(24-17(18,19)20)6-7-14(12)23-16/h6-7,9-10H,3-5,8H2,1-2H3. The molecular formula is C17H18F3NO2S. The predicted octanol–water partition coefficient (Wildman–Crippen LogP) is 4.82. The van der Waals surface area contributed by atoms with E-state index < -0.39 is 11.1 Å². The largest absolute Gasteiger partial charge is 0.483 e. The Hall–Kier alpha value is -1.63. The molecule has 1 fully saturated rings. The molecule has 2 heterocycles. The zero-order valence-electron chi connectivity index (χ0n) is 13.4. The number of alkyl halides is 3. The highest BCUT2D eigenvalue weighted by Gasteiger charge is 2.34. The minimum absolute atomic E-state index is 0.00466. The fraction of sp³-hybridized carbons (Fsp3) is 0.471. The van der Waals surface area contributed by atoms with E-state index in [4.69, 9.17) is 4.74 Å². The molecule has 0 saturated carbocycles. The number of hydrogen-bond donors (Lipinski definition) is 0. The number of rotatable bonds is 2. The van der Waals surface area contributed by atoms with Gasteiger partial charge in [-0.05, 0) is 62.7 Å². The predicted molar refractivity (Wildman–Crippen MR) is 86.6 cm³/mol. The van der Waals surface area contributed by atoms with Crippen molar-refractivity contribution in [3.63, 3.8) is 0 Å². The Labute approximate surface area is 142 Å². The van der Waals surface area contributed by atoms with Gasteiger partial charge in [-0.2, -0.15) is 13.2 Å². The maximum Gasteiger partial charge on any atom is 0.446 e. The summed E-state index contributed by atoms with van der Waals surface area (Å²) in [6.07, 6.45) is 4.02. The molecule has 0 radical (unpaired) electrons. The first kappa shape index (κ1) is 17.2. The number of halogens is 3. The molecule has 0 bridgehead atoms. The molecule has 0 unspecified atom stereocenters. The Morgan fingerprint density at radius 1 is 1.25 bits per heavy atom. The Balaban J connectivity index is 2.03. The first-order chi connectivity index (χ1) is 11.1. The van der Waals surface area contributed by atoms with E-state index in [2.05, 4.69) is 0 Å². The van der Waals surface area contributed by atoms with Crippen LogP contribution in [0, 0.1) is 0 Å². The average Bonchev–Trinajstić information content (AvgIpc) is 2.45. The highest BCUT2D eigenvalue weighted by Crippen LogP contribution is 2.43. The van der Waals surface area contributed by atoms with Crippen LogP contribution >= 0.6 is 11.8 Å². The van der Waals surface area contributed by atoms with Gasteiger partial charge in [-0.15, -0.1) is 0 Å². The monoisotopic (exact) mass is 357 g/mol. The van der Waals surface area contributed by atoms with Crippen LogP contribution in [0.2, 0.25) is 0 Å². The SMILES string of the molecule is CC1(C)C=C(N2CCCCC2=O)c2cc(SC(F)(F)F)ccc2O1. The molecule has 7 heteroatoms. The molecule has 1 aromatic carbocycles. The van der Waals surface area contributed by atoms with E-state index in [1.54, 1.807) is 11.0 Å². The van der Waals surface area contributed by atoms with E-state index in [1.807, 2.05) is 19.9 Å². The minimum atomic E-state index is -4.35. The fourth-order valence-corrected chi connectivity index (χ4v) is 3.58. The number of ether oxygens (including phenoxy) is 1. The van der Waals surface area contributed by atoms with Gasteiger partial charge in [0, 0.05) is 23.4 Å². The van der Waals surface area contributed by atoms with E-state index >= 15 is 0 Å². The Bertz CT molecular complexity index is 698. The quantitative estimate of drug-likeness (QED) is 0.711. The van der Waals surface area contributed by atoms with Crippen molar-refractivity contribution in [1.82, 2.24) is 4.90 Å². The highest BCUT2D eigenvalue weighted by atomic mass is 32.2. The number of nitrogens with zero attached hydrogens (tertiary/aromatic N) is 1. The summed E-state index contributed by atoms with van der Waals surface area (Å²) in [5, 5.41) is 0. The second-order valence-corrected chi connectivity index (χ2v) is 7.58. The summed E-state index contributed by atoms with van der Waals surface area (Å²) in [5.41, 5.74) is -3.79. The lowest BCUT2D eigenvalue weighted by molar-refractivity contribution is -0.129. The molecule has 1 aromatic rings. The molecule has 1 amide bonds.